The van der Waals surface area contributed by atoms with Gasteiger partial charge in [-0.25, -0.2) is 9.69 Å². The fraction of sp³-hybridized carbons (Fsp3) is 0.194. The van der Waals surface area contributed by atoms with E-state index in [2.05, 4.69) is 10.3 Å². The SMILES string of the molecule is CCOC(=O)c1ccc(N2C(=O)C3Sc4[nH]c(=O)sc4[C@H](c4ccccc4OCC(=O)Nc4ccccc4)C3C2=O)cc1. The third-order valence-corrected chi connectivity index (χ3v) is 9.53. The molecule has 3 aromatic carbocycles. The number of H-pyrrole nitrogens is 1. The quantitative estimate of drug-likeness (QED) is 0.220. The molecule has 2 N–H and O–H groups in total. The molecule has 3 atom stereocenters. The van der Waals surface area contributed by atoms with Gasteiger partial charge < -0.3 is 19.8 Å². The van der Waals surface area contributed by atoms with E-state index in [4.69, 9.17) is 9.47 Å². The Labute approximate surface area is 254 Å². The second kappa shape index (κ2) is 11.9. The Morgan fingerprint density at radius 1 is 0.930 bits per heavy atom. The largest absolute Gasteiger partial charge is 0.483 e. The van der Waals surface area contributed by atoms with Gasteiger partial charge in [-0.2, -0.15) is 0 Å². The van der Waals surface area contributed by atoms with Crippen molar-refractivity contribution in [2.45, 2.75) is 23.1 Å². The summed E-state index contributed by atoms with van der Waals surface area (Å²) in [4.78, 5) is 69.3. The van der Waals surface area contributed by atoms with E-state index < -0.39 is 34.9 Å². The number of imide groups is 1. The number of aromatic amines is 1. The van der Waals surface area contributed by atoms with Crippen LogP contribution in [-0.4, -0.2) is 47.1 Å². The van der Waals surface area contributed by atoms with Crippen LogP contribution in [-0.2, 0) is 19.1 Å². The molecule has 43 heavy (non-hydrogen) atoms. The minimum atomic E-state index is -0.843. The summed E-state index contributed by atoms with van der Waals surface area (Å²) >= 11 is 2.15. The van der Waals surface area contributed by atoms with Crippen LogP contribution in [0.2, 0.25) is 0 Å². The second-order valence-corrected chi connectivity index (χ2v) is 11.9. The van der Waals surface area contributed by atoms with E-state index in [1.807, 2.05) is 6.07 Å². The number of hydrogen-bond acceptors (Lipinski definition) is 9. The van der Waals surface area contributed by atoms with Crippen molar-refractivity contribution in [1.82, 2.24) is 4.98 Å². The van der Waals surface area contributed by atoms with Gasteiger partial charge in [0.2, 0.25) is 11.8 Å². The van der Waals surface area contributed by atoms with Gasteiger partial charge in [0.25, 0.3) is 5.91 Å². The molecule has 0 aliphatic carbocycles. The van der Waals surface area contributed by atoms with Gasteiger partial charge in [-0.15, -0.1) is 0 Å². The van der Waals surface area contributed by atoms with Crippen LogP contribution >= 0.6 is 23.1 Å². The number of para-hydroxylation sites is 2. The normalized spacial score (nSPS) is 19.0. The molecule has 1 fully saturated rings. The maximum absolute atomic E-state index is 14.1. The van der Waals surface area contributed by atoms with E-state index in [9.17, 15) is 24.0 Å². The molecule has 218 valence electrons. The molecular formula is C31H25N3O7S2. The first-order chi connectivity index (χ1) is 20.9. The van der Waals surface area contributed by atoms with Gasteiger partial charge in [0, 0.05) is 22.0 Å². The van der Waals surface area contributed by atoms with Gasteiger partial charge in [-0.1, -0.05) is 59.5 Å². The molecular weight excluding hydrogens is 590 g/mol. The highest BCUT2D eigenvalue weighted by Gasteiger charge is 2.56. The van der Waals surface area contributed by atoms with Crippen molar-refractivity contribution in [3.8, 4) is 5.75 Å². The van der Waals surface area contributed by atoms with Crippen LogP contribution in [0.3, 0.4) is 0 Å². The maximum atomic E-state index is 14.1. The molecule has 1 aromatic heterocycles. The molecule has 0 radical (unpaired) electrons. The van der Waals surface area contributed by atoms with E-state index in [1.54, 1.807) is 67.6 Å². The van der Waals surface area contributed by atoms with Gasteiger partial charge in [0.1, 0.15) is 11.0 Å². The number of nitrogens with one attached hydrogen (secondary N) is 2. The highest BCUT2D eigenvalue weighted by molar-refractivity contribution is 8.00. The number of fused-ring (bicyclic) bond motifs is 2. The first-order valence-corrected chi connectivity index (χ1v) is 15.2. The molecule has 0 spiro atoms. The van der Waals surface area contributed by atoms with Crippen LogP contribution in [0.4, 0.5) is 11.4 Å². The lowest BCUT2D eigenvalue weighted by Crippen LogP contribution is -2.32. The molecule has 10 nitrogen and oxygen atoms in total. The highest BCUT2D eigenvalue weighted by atomic mass is 32.2. The van der Waals surface area contributed by atoms with E-state index >= 15 is 0 Å². The average Bonchev–Trinajstić information content (AvgIpc) is 3.51. The number of hydrogen-bond donors (Lipinski definition) is 2. The van der Waals surface area contributed by atoms with Crippen molar-refractivity contribution in [2.24, 2.45) is 5.92 Å². The molecule has 1 saturated heterocycles. The topological polar surface area (TPSA) is 135 Å². The Kier molecular flexibility index (Phi) is 7.87. The molecule has 0 bridgehead atoms. The number of aromatic nitrogens is 1. The lowest BCUT2D eigenvalue weighted by molar-refractivity contribution is -0.122. The summed E-state index contributed by atoms with van der Waals surface area (Å²) in [5, 5.41) is 2.49. The monoisotopic (exact) mass is 615 g/mol. The van der Waals surface area contributed by atoms with Gasteiger partial charge in [-0.3, -0.25) is 19.2 Å². The number of anilines is 2. The molecule has 3 heterocycles. The summed E-state index contributed by atoms with van der Waals surface area (Å²) in [7, 11) is 0. The Morgan fingerprint density at radius 3 is 2.40 bits per heavy atom. The summed E-state index contributed by atoms with van der Waals surface area (Å²) in [6.07, 6.45) is 0. The average molecular weight is 616 g/mol. The van der Waals surface area contributed by atoms with Gasteiger partial charge in [0.05, 0.1) is 28.8 Å². The number of carbonyl (C=O) groups is 4. The lowest BCUT2D eigenvalue weighted by Gasteiger charge is -2.30. The number of esters is 1. The number of amides is 3. The molecule has 0 saturated carbocycles. The summed E-state index contributed by atoms with van der Waals surface area (Å²) in [5.74, 6) is -2.88. The van der Waals surface area contributed by atoms with Crippen molar-refractivity contribution >= 4 is 58.2 Å². The molecule has 12 heteroatoms. The van der Waals surface area contributed by atoms with E-state index in [0.29, 0.717) is 38.2 Å². The van der Waals surface area contributed by atoms with Crippen LogP contribution < -0.4 is 19.8 Å². The number of rotatable bonds is 8. The van der Waals surface area contributed by atoms with Crippen molar-refractivity contribution in [3.05, 3.63) is 105 Å². The first kappa shape index (κ1) is 28.4. The maximum Gasteiger partial charge on any atom is 0.338 e. The minimum absolute atomic E-state index is 0.223. The van der Waals surface area contributed by atoms with Crippen LogP contribution in [0.1, 0.15) is 33.6 Å². The van der Waals surface area contributed by atoms with Crippen molar-refractivity contribution in [3.63, 3.8) is 0 Å². The Hall–Kier alpha value is -4.68. The van der Waals surface area contributed by atoms with Crippen LogP contribution in [0.25, 0.3) is 0 Å². The van der Waals surface area contributed by atoms with Gasteiger partial charge in [-0.05, 0) is 49.4 Å². The summed E-state index contributed by atoms with van der Waals surface area (Å²) in [5.41, 5.74) is 1.85. The molecule has 6 rings (SSSR count). The molecule has 4 aromatic rings. The summed E-state index contributed by atoms with van der Waals surface area (Å²) in [6.45, 7) is 1.64. The zero-order chi connectivity index (χ0) is 30.1. The Bertz CT molecular complexity index is 1770. The van der Waals surface area contributed by atoms with Crippen LogP contribution in [0.5, 0.6) is 5.75 Å². The fourth-order valence-corrected chi connectivity index (χ4v) is 7.80. The smallest absolute Gasteiger partial charge is 0.338 e. The van der Waals surface area contributed by atoms with Gasteiger partial charge >= 0.3 is 10.8 Å². The lowest BCUT2D eigenvalue weighted by atomic mass is 9.82. The zero-order valence-corrected chi connectivity index (χ0v) is 24.4. The Morgan fingerprint density at radius 2 is 1.65 bits per heavy atom. The van der Waals surface area contributed by atoms with Crippen molar-refractivity contribution < 1.29 is 28.7 Å². The fourth-order valence-electron chi connectivity index (χ4n) is 5.30. The summed E-state index contributed by atoms with van der Waals surface area (Å²) < 4.78 is 11.0. The third-order valence-electron chi connectivity index (χ3n) is 7.13. The van der Waals surface area contributed by atoms with E-state index in [0.717, 1.165) is 28.0 Å². The zero-order valence-electron chi connectivity index (χ0n) is 22.8. The van der Waals surface area contributed by atoms with Crippen LogP contribution in [0.15, 0.2) is 88.7 Å². The van der Waals surface area contributed by atoms with Crippen molar-refractivity contribution in [1.29, 1.82) is 0 Å². The standard InChI is InChI=1S/C31H25N3O7S2/c1-2-40-30(38)17-12-14-19(15-13-17)34-28(36)24-23(25-27(33-31(39)43-25)42-26(24)29(34)37)20-10-6-7-11-21(20)41-16-22(35)32-18-8-4-3-5-9-18/h3-15,23-24,26H,2,16H2,1H3,(H,32,35)(H,33,39)/t23-,24?,26?/m1/s1. The number of thioether (sulfide) groups is 1. The predicted octanol–water partition coefficient (Wildman–Crippen LogP) is 4.43. The first-order valence-electron chi connectivity index (χ1n) is 13.5. The molecule has 3 amide bonds. The minimum Gasteiger partial charge on any atom is -0.483 e. The van der Waals surface area contributed by atoms with E-state index in [-0.39, 0.29) is 24.0 Å². The van der Waals surface area contributed by atoms with E-state index in [1.165, 1.54) is 12.1 Å². The number of nitrogens with zero attached hydrogens (tertiary/aromatic N) is 1. The summed E-state index contributed by atoms with van der Waals surface area (Å²) in [6, 6.07) is 22.1. The highest BCUT2D eigenvalue weighted by Crippen LogP contribution is 2.54. The molecule has 2 aliphatic rings. The third kappa shape index (κ3) is 5.46. The van der Waals surface area contributed by atoms with Crippen molar-refractivity contribution in [2.75, 3.05) is 23.4 Å². The number of carbonyl (C=O) groups excluding carboxylic acids is 4. The number of benzene rings is 3. The van der Waals surface area contributed by atoms with Gasteiger partial charge in [0.15, 0.2) is 6.61 Å². The number of thiazole rings is 1. The predicted molar refractivity (Wildman–Crippen MR) is 162 cm³/mol. The second-order valence-electron chi connectivity index (χ2n) is 9.77. The Balaban J connectivity index is 1.32. The molecule has 2 unspecified atom stereocenters. The number of ether oxygens (including phenoxy) is 2. The molecule has 2 aliphatic heterocycles. The van der Waals surface area contributed by atoms with Crippen LogP contribution in [0, 0.1) is 5.92 Å².